The van der Waals surface area contributed by atoms with Crippen LogP contribution in [0.5, 0.6) is 0 Å². The van der Waals surface area contributed by atoms with Crippen molar-refractivity contribution >= 4 is 49.0 Å². The molecule has 3 rings (SSSR count). The maximum atomic E-state index is 11.9. The summed E-state index contributed by atoms with van der Waals surface area (Å²) in [6, 6.07) is 24.2. The van der Waals surface area contributed by atoms with E-state index in [0.29, 0.717) is 5.30 Å². The molecule has 0 amide bonds. The SMILES string of the molecule is CC(=O)/C=C\P(Cl)(c1ccccc1)(c1ccccc1)c1cccc(S(=O)(=O)[O-])c1. The van der Waals surface area contributed by atoms with Crippen LogP contribution < -0.4 is 15.9 Å². The van der Waals surface area contributed by atoms with E-state index in [1.165, 1.54) is 31.2 Å². The van der Waals surface area contributed by atoms with E-state index < -0.39 is 16.1 Å². The molecule has 0 spiro atoms. The third-order valence-electron chi connectivity index (χ3n) is 4.72. The van der Waals surface area contributed by atoms with Gasteiger partial charge < -0.3 is 0 Å². The zero-order valence-corrected chi connectivity index (χ0v) is 18.1. The van der Waals surface area contributed by atoms with Gasteiger partial charge in [-0.15, -0.1) is 0 Å². The van der Waals surface area contributed by atoms with Crippen molar-refractivity contribution in [3.05, 3.63) is 96.8 Å². The van der Waals surface area contributed by atoms with E-state index >= 15 is 0 Å². The van der Waals surface area contributed by atoms with Crippen LogP contribution in [0, 0.1) is 0 Å². The number of benzene rings is 3. The summed E-state index contributed by atoms with van der Waals surface area (Å²) in [5, 5.41) is 1.91. The minimum atomic E-state index is -4.69. The van der Waals surface area contributed by atoms with Gasteiger partial charge in [0.1, 0.15) is 0 Å². The van der Waals surface area contributed by atoms with Gasteiger partial charge >= 0.3 is 175 Å². The minimum absolute atomic E-state index is 0.195. The summed E-state index contributed by atoms with van der Waals surface area (Å²) in [4.78, 5) is 11.5. The first-order chi connectivity index (χ1) is 13.7. The van der Waals surface area contributed by atoms with E-state index in [1.807, 2.05) is 60.7 Å². The third kappa shape index (κ3) is 3.92. The van der Waals surface area contributed by atoms with Crippen LogP contribution >= 0.6 is 17.2 Å². The van der Waals surface area contributed by atoms with Crippen LogP contribution in [-0.4, -0.2) is 18.8 Å². The van der Waals surface area contributed by atoms with E-state index in [4.69, 9.17) is 11.2 Å². The summed E-state index contributed by atoms with van der Waals surface area (Å²) in [6.07, 6.45) is 1.41. The Hall–Kier alpha value is -2.30. The average molecular weight is 446 g/mol. The Morgan fingerprint density at radius 3 is 1.79 bits per heavy atom. The van der Waals surface area contributed by atoms with Crippen LogP contribution in [0.4, 0.5) is 0 Å². The fourth-order valence-electron chi connectivity index (χ4n) is 3.30. The number of hydrogen-bond donors (Lipinski definition) is 0. The fourth-order valence-corrected chi connectivity index (χ4v) is 9.24. The van der Waals surface area contributed by atoms with E-state index in [1.54, 1.807) is 11.9 Å². The van der Waals surface area contributed by atoms with E-state index in [0.717, 1.165) is 10.6 Å². The average Bonchev–Trinajstić information content (AvgIpc) is 2.73. The Labute approximate surface area is 175 Å². The molecule has 150 valence electrons. The van der Waals surface area contributed by atoms with Crippen LogP contribution in [0.1, 0.15) is 6.92 Å². The zero-order valence-electron chi connectivity index (χ0n) is 15.6. The molecule has 0 saturated carbocycles. The van der Waals surface area contributed by atoms with Crippen molar-refractivity contribution in [2.24, 2.45) is 0 Å². The quantitative estimate of drug-likeness (QED) is 0.329. The molecule has 3 aromatic rings. The van der Waals surface area contributed by atoms with Gasteiger partial charge in [-0.2, -0.15) is 0 Å². The number of carbonyl (C=O) groups is 1. The summed E-state index contributed by atoms with van der Waals surface area (Å²) in [6.45, 7) is 1.42. The molecule has 0 saturated heterocycles. The Morgan fingerprint density at radius 1 is 0.862 bits per heavy atom. The van der Waals surface area contributed by atoms with Crippen molar-refractivity contribution in [1.82, 2.24) is 0 Å². The normalized spacial score (nSPS) is 13.7. The van der Waals surface area contributed by atoms with Gasteiger partial charge in [0.2, 0.25) is 0 Å². The molecule has 0 fully saturated rings. The molecule has 0 aliphatic heterocycles. The molecule has 0 atom stereocenters. The molecular formula is C22H19ClO4PS-. The van der Waals surface area contributed by atoms with Crippen molar-refractivity contribution in [2.45, 2.75) is 11.8 Å². The molecular weight excluding hydrogens is 427 g/mol. The second-order valence-electron chi connectivity index (χ2n) is 6.62. The first-order valence-electron chi connectivity index (χ1n) is 8.77. The number of carbonyl (C=O) groups excluding carboxylic acids is 1. The second-order valence-corrected chi connectivity index (χ2v) is 14.1. The van der Waals surface area contributed by atoms with Gasteiger partial charge in [-0.3, -0.25) is 0 Å². The summed E-state index contributed by atoms with van der Waals surface area (Å²) >= 11 is 7.63. The van der Waals surface area contributed by atoms with E-state index in [2.05, 4.69) is 0 Å². The van der Waals surface area contributed by atoms with Gasteiger partial charge in [0, 0.05) is 0 Å². The van der Waals surface area contributed by atoms with Gasteiger partial charge in [-0.05, 0) is 0 Å². The van der Waals surface area contributed by atoms with Crippen LogP contribution in [0.25, 0.3) is 0 Å². The summed E-state index contributed by atoms with van der Waals surface area (Å²) in [7, 11) is -4.69. The topological polar surface area (TPSA) is 74.3 Å². The number of hydrogen-bond acceptors (Lipinski definition) is 4. The molecule has 7 heteroatoms. The Bertz CT molecular complexity index is 1140. The predicted molar refractivity (Wildman–Crippen MR) is 119 cm³/mol. The van der Waals surface area contributed by atoms with Crippen molar-refractivity contribution in [1.29, 1.82) is 0 Å². The molecule has 3 aromatic carbocycles. The standard InChI is InChI=1S/C22H20ClO4PS/c1-18(24)15-16-28(23,19-9-4-2-5-10-19,20-11-6-3-7-12-20)21-13-8-14-22(17-21)29(25,26)27/h2-17H,1H3,(H,25,26,27)/p-1/b16-15-. The molecule has 0 heterocycles. The second kappa shape index (κ2) is 7.85. The molecule has 29 heavy (non-hydrogen) atoms. The van der Waals surface area contributed by atoms with Crippen molar-refractivity contribution in [3.63, 3.8) is 0 Å². The number of halogens is 1. The number of rotatable bonds is 6. The molecule has 0 aliphatic carbocycles. The molecule has 0 aromatic heterocycles. The van der Waals surface area contributed by atoms with Gasteiger partial charge in [0.05, 0.1) is 0 Å². The number of ketones is 1. The Kier molecular flexibility index (Phi) is 5.79. The summed E-state index contributed by atoms with van der Waals surface area (Å²) in [5.74, 6) is -2.46. The zero-order chi connectivity index (χ0) is 21.1. The van der Waals surface area contributed by atoms with Gasteiger partial charge in [-0.1, -0.05) is 0 Å². The molecule has 0 aliphatic rings. The van der Waals surface area contributed by atoms with Crippen molar-refractivity contribution in [3.8, 4) is 0 Å². The fraction of sp³-hybridized carbons (Fsp3) is 0.0455. The van der Waals surface area contributed by atoms with Gasteiger partial charge in [0.15, 0.2) is 0 Å². The molecule has 0 N–H and O–H groups in total. The first kappa shape index (κ1) is 21.4. The summed E-state index contributed by atoms with van der Waals surface area (Å²) in [5.41, 5.74) is 0. The van der Waals surface area contributed by atoms with Crippen molar-refractivity contribution < 1.29 is 17.8 Å². The molecule has 0 bridgehead atoms. The molecule has 0 unspecified atom stereocenters. The molecule has 4 nitrogen and oxygen atoms in total. The van der Waals surface area contributed by atoms with Crippen molar-refractivity contribution in [2.75, 3.05) is 0 Å². The Morgan fingerprint density at radius 2 is 1.34 bits per heavy atom. The Balaban J connectivity index is 2.52. The van der Waals surface area contributed by atoms with Gasteiger partial charge in [0.25, 0.3) is 0 Å². The van der Waals surface area contributed by atoms with Crippen LogP contribution in [0.15, 0.2) is 102 Å². The first-order valence-corrected chi connectivity index (χ1v) is 13.4. The van der Waals surface area contributed by atoms with Crippen LogP contribution in [-0.2, 0) is 14.9 Å². The van der Waals surface area contributed by atoms with E-state index in [9.17, 15) is 17.8 Å². The summed E-state index contributed by atoms with van der Waals surface area (Å²) < 4.78 is 35.1. The van der Waals surface area contributed by atoms with Crippen LogP contribution in [0.2, 0.25) is 0 Å². The number of allylic oxidation sites excluding steroid dienone is 1. The maximum absolute atomic E-state index is 11.9. The van der Waals surface area contributed by atoms with Crippen LogP contribution in [0.3, 0.4) is 0 Å². The predicted octanol–water partition coefficient (Wildman–Crippen LogP) is 3.68. The van der Waals surface area contributed by atoms with E-state index in [-0.39, 0.29) is 10.7 Å². The monoisotopic (exact) mass is 445 g/mol. The van der Waals surface area contributed by atoms with Gasteiger partial charge in [-0.25, -0.2) is 0 Å². The molecule has 0 radical (unpaired) electrons. The third-order valence-corrected chi connectivity index (χ3v) is 12.3.